The second kappa shape index (κ2) is 18.7. The van der Waals surface area contributed by atoms with Crippen LogP contribution in [0, 0.1) is 10.1 Å². The Morgan fingerprint density at radius 2 is 1.48 bits per heavy atom. The van der Waals surface area contributed by atoms with Crippen LogP contribution in [0.25, 0.3) is 11.1 Å². The van der Waals surface area contributed by atoms with E-state index < -0.39 is 12.2 Å². The van der Waals surface area contributed by atoms with Crippen LogP contribution in [-0.4, -0.2) is 70.8 Å². The van der Waals surface area contributed by atoms with Crippen LogP contribution in [0.5, 0.6) is 0 Å². The molecule has 2 heterocycles. The van der Waals surface area contributed by atoms with Crippen molar-refractivity contribution in [1.82, 2.24) is 15.7 Å². The average Bonchev–Trinajstić information content (AvgIpc) is 3.22. The summed E-state index contributed by atoms with van der Waals surface area (Å²) >= 11 is 0. The van der Waals surface area contributed by atoms with Crippen LogP contribution in [0.3, 0.4) is 0 Å². The topological polar surface area (TPSA) is 167 Å². The predicted molar refractivity (Wildman–Crippen MR) is 202 cm³/mol. The second-order valence-corrected chi connectivity index (χ2v) is 13.8. The fourth-order valence-corrected chi connectivity index (χ4v) is 6.94. The monoisotopic (exact) mass is 737 g/mol. The van der Waals surface area contributed by atoms with Gasteiger partial charge in [0.2, 0.25) is 11.8 Å². The normalized spacial score (nSPS) is 18.9. The highest BCUT2D eigenvalue weighted by Crippen LogP contribution is 2.39. The molecule has 2 aliphatic heterocycles. The van der Waals surface area contributed by atoms with Crippen LogP contribution < -0.4 is 15.7 Å². The second-order valence-electron chi connectivity index (χ2n) is 13.8. The summed E-state index contributed by atoms with van der Waals surface area (Å²) in [5, 5.41) is 32.3. The van der Waals surface area contributed by atoms with Crippen molar-refractivity contribution in [3.63, 3.8) is 0 Å². The average molecular weight is 738 g/mol. The number of amides is 2. The number of nitro benzene ring substituents is 1. The molecule has 2 amide bonds. The smallest absolute Gasteiger partial charge is 0.269 e. The number of benzene rings is 4. The number of carbonyl (C=O) groups excluding carboxylic acids is 2. The number of hydrogen-bond donors (Lipinski definition) is 4. The van der Waals surface area contributed by atoms with E-state index in [1.807, 2.05) is 72.8 Å². The lowest BCUT2D eigenvalue weighted by Crippen LogP contribution is -2.49. The molecule has 54 heavy (non-hydrogen) atoms. The van der Waals surface area contributed by atoms with Gasteiger partial charge in [0.05, 0.1) is 23.7 Å². The third-order valence-electron chi connectivity index (χ3n) is 9.97. The van der Waals surface area contributed by atoms with Crippen LogP contribution >= 0.6 is 0 Å². The first kappa shape index (κ1) is 38.5. The molecular formula is C41H47N5O8. The third kappa shape index (κ3) is 10.5. The molecule has 2 aliphatic rings. The number of nitro groups is 1. The lowest BCUT2D eigenvalue weighted by Gasteiger charge is -2.41. The zero-order valence-electron chi connectivity index (χ0n) is 30.1. The number of rotatable bonds is 15. The molecule has 13 nitrogen and oxygen atoms in total. The number of ether oxygens (including phenoxy) is 2. The van der Waals surface area contributed by atoms with Crippen LogP contribution in [0.4, 0.5) is 11.4 Å². The predicted octanol–water partition coefficient (Wildman–Crippen LogP) is 5.80. The summed E-state index contributed by atoms with van der Waals surface area (Å²) in [6.45, 7) is 4.32. The molecule has 0 bridgehead atoms. The number of carbonyl (C=O) groups is 2. The van der Waals surface area contributed by atoms with Gasteiger partial charge in [-0.05, 0) is 64.9 Å². The molecule has 0 spiro atoms. The molecule has 4 aromatic carbocycles. The molecule has 3 unspecified atom stereocenters. The summed E-state index contributed by atoms with van der Waals surface area (Å²) < 4.78 is 13.3. The van der Waals surface area contributed by atoms with Gasteiger partial charge in [0.1, 0.15) is 0 Å². The fraction of sp³-hybridized carbons (Fsp3) is 0.366. The number of aliphatic hydroxyl groups is 1. The molecule has 2 fully saturated rings. The van der Waals surface area contributed by atoms with Gasteiger partial charge in [-0.3, -0.25) is 29.8 Å². The number of nitrogens with zero attached hydrogens (tertiary/aromatic N) is 3. The van der Waals surface area contributed by atoms with Gasteiger partial charge in [-0.15, -0.1) is 0 Å². The molecule has 284 valence electrons. The van der Waals surface area contributed by atoms with E-state index in [-0.39, 0.29) is 41.8 Å². The summed E-state index contributed by atoms with van der Waals surface area (Å²) in [6, 6.07) is 30.7. The van der Waals surface area contributed by atoms with E-state index in [4.69, 9.17) is 14.7 Å². The largest absolute Gasteiger partial charge is 0.392 e. The van der Waals surface area contributed by atoms with Gasteiger partial charge in [-0.1, -0.05) is 60.7 Å². The fourth-order valence-electron chi connectivity index (χ4n) is 6.94. The zero-order valence-corrected chi connectivity index (χ0v) is 30.1. The van der Waals surface area contributed by atoms with E-state index in [0.29, 0.717) is 32.2 Å². The van der Waals surface area contributed by atoms with E-state index >= 15 is 0 Å². The first-order chi connectivity index (χ1) is 26.3. The SMILES string of the molecule is O=C(CCCCC(=O)NCc1cccc(-c2cccc(C3OC(CN4CCN(c5ccc([N+](=O)[O-])cc5)CC4)CC(c4ccc(CO)cc4)O3)c2)c1)NO. The first-order valence-corrected chi connectivity index (χ1v) is 18.4. The molecule has 2 saturated heterocycles. The molecule has 0 aromatic heterocycles. The summed E-state index contributed by atoms with van der Waals surface area (Å²) in [5.41, 5.74) is 8.35. The summed E-state index contributed by atoms with van der Waals surface area (Å²) in [4.78, 5) is 38.9. The molecule has 0 radical (unpaired) electrons. The van der Waals surface area contributed by atoms with Gasteiger partial charge >= 0.3 is 0 Å². The lowest BCUT2D eigenvalue weighted by atomic mass is 9.98. The zero-order chi connectivity index (χ0) is 37.9. The Labute approximate surface area is 314 Å². The Balaban J connectivity index is 1.11. The van der Waals surface area contributed by atoms with E-state index in [9.17, 15) is 24.8 Å². The Morgan fingerprint density at radius 1 is 0.796 bits per heavy atom. The molecule has 4 N–H and O–H groups in total. The number of non-ortho nitro benzene ring substituents is 1. The van der Waals surface area contributed by atoms with Crippen molar-refractivity contribution in [2.45, 2.75) is 63.8 Å². The third-order valence-corrected chi connectivity index (χ3v) is 9.97. The van der Waals surface area contributed by atoms with Crippen LogP contribution in [0.2, 0.25) is 0 Å². The highest BCUT2D eigenvalue weighted by Gasteiger charge is 2.34. The maximum Gasteiger partial charge on any atom is 0.269 e. The molecule has 4 aromatic rings. The number of unbranched alkanes of at least 4 members (excludes halogenated alkanes) is 1. The van der Waals surface area contributed by atoms with Crippen molar-refractivity contribution in [2.75, 3.05) is 37.6 Å². The summed E-state index contributed by atoms with van der Waals surface area (Å²) in [6.07, 6.45) is 1.26. The Hall–Kier alpha value is -5.18. The van der Waals surface area contributed by atoms with Gasteiger partial charge in [-0.25, -0.2) is 5.48 Å². The quantitative estimate of drug-likeness (QED) is 0.0507. The highest BCUT2D eigenvalue weighted by atomic mass is 16.7. The molecule has 0 aliphatic carbocycles. The maximum absolute atomic E-state index is 12.4. The van der Waals surface area contributed by atoms with Gasteiger partial charge in [0.25, 0.3) is 5.69 Å². The summed E-state index contributed by atoms with van der Waals surface area (Å²) in [5.74, 6) is -0.556. The van der Waals surface area contributed by atoms with E-state index in [1.165, 1.54) is 0 Å². The van der Waals surface area contributed by atoms with E-state index in [0.717, 1.165) is 71.8 Å². The molecule has 3 atom stereocenters. The number of nitrogens with one attached hydrogen (secondary N) is 2. The number of hydroxylamine groups is 1. The van der Waals surface area contributed by atoms with Gasteiger partial charge in [0.15, 0.2) is 6.29 Å². The Bertz CT molecular complexity index is 1860. The summed E-state index contributed by atoms with van der Waals surface area (Å²) in [7, 11) is 0. The van der Waals surface area contributed by atoms with Gasteiger partial charge in [0, 0.05) is 81.9 Å². The minimum atomic E-state index is -0.612. The van der Waals surface area contributed by atoms with Gasteiger partial charge in [-0.2, -0.15) is 0 Å². The molecule has 13 heteroatoms. The minimum Gasteiger partial charge on any atom is -0.392 e. The van der Waals surface area contributed by atoms with Crippen molar-refractivity contribution in [1.29, 1.82) is 0 Å². The Morgan fingerprint density at radius 3 is 2.17 bits per heavy atom. The highest BCUT2D eigenvalue weighted by molar-refractivity contribution is 5.76. The van der Waals surface area contributed by atoms with Gasteiger partial charge < -0.3 is 24.8 Å². The molecule has 6 rings (SSSR count). The number of anilines is 1. The number of aliphatic hydroxyl groups excluding tert-OH is 1. The Kier molecular flexibility index (Phi) is 13.4. The van der Waals surface area contributed by atoms with E-state index in [2.05, 4.69) is 27.2 Å². The molecular weight excluding hydrogens is 690 g/mol. The number of hydrogen-bond acceptors (Lipinski definition) is 10. The van der Waals surface area contributed by atoms with Crippen molar-refractivity contribution < 1.29 is 34.3 Å². The molecule has 0 saturated carbocycles. The van der Waals surface area contributed by atoms with Crippen LogP contribution in [0.15, 0.2) is 97.1 Å². The number of piperazine rings is 1. The van der Waals surface area contributed by atoms with Crippen LogP contribution in [0.1, 0.15) is 66.8 Å². The standard InChI is InChI=1S/C41H47N5O8/c47-28-29-11-13-31(14-12-29)38-25-37(27-44-19-21-45(22-20-44)35-15-17-36(18-16-35)46(51)52)53-41(54-38)34-8-4-7-33(24-34)32-6-3-5-30(23-32)26-42-39(48)9-1-2-10-40(49)43-50/h3-8,11-18,23-24,37-38,41,47,50H,1-2,9-10,19-22,25-28H2,(H,42,48)(H,43,49). The van der Waals surface area contributed by atoms with E-state index in [1.54, 1.807) is 17.6 Å². The van der Waals surface area contributed by atoms with Crippen molar-refractivity contribution >= 4 is 23.2 Å². The van der Waals surface area contributed by atoms with Crippen molar-refractivity contribution in [3.8, 4) is 11.1 Å². The lowest BCUT2D eigenvalue weighted by molar-refractivity contribution is -0.384. The van der Waals surface area contributed by atoms with Crippen molar-refractivity contribution in [3.05, 3.63) is 129 Å². The maximum atomic E-state index is 12.4. The van der Waals surface area contributed by atoms with Crippen molar-refractivity contribution in [2.24, 2.45) is 0 Å². The minimum absolute atomic E-state index is 0.0280. The van der Waals surface area contributed by atoms with Crippen LogP contribution in [-0.2, 0) is 32.2 Å². The first-order valence-electron chi connectivity index (χ1n) is 18.4.